The summed E-state index contributed by atoms with van der Waals surface area (Å²) < 4.78 is 5.19. The fourth-order valence-electron chi connectivity index (χ4n) is 2.44. The summed E-state index contributed by atoms with van der Waals surface area (Å²) in [5.74, 6) is 1.24. The first kappa shape index (κ1) is 14.5. The van der Waals surface area contributed by atoms with E-state index in [-0.39, 0.29) is 12.1 Å². The summed E-state index contributed by atoms with van der Waals surface area (Å²) in [6.07, 6.45) is 2.90. The predicted molar refractivity (Wildman–Crippen MR) is 69.8 cm³/mol. The molecule has 0 aromatic carbocycles. The van der Waals surface area contributed by atoms with Crippen molar-refractivity contribution in [1.82, 2.24) is 4.90 Å². The number of carbonyl (C=O) groups is 1. The molecule has 1 aliphatic heterocycles. The van der Waals surface area contributed by atoms with E-state index in [4.69, 9.17) is 4.74 Å². The van der Waals surface area contributed by atoms with E-state index >= 15 is 0 Å². The average molecular weight is 241 g/mol. The van der Waals surface area contributed by atoms with Crippen LogP contribution in [-0.2, 0) is 9.53 Å². The van der Waals surface area contributed by atoms with Crippen LogP contribution in [-0.4, -0.2) is 36.6 Å². The molecule has 1 rings (SSSR count). The van der Waals surface area contributed by atoms with Crippen LogP contribution in [0.1, 0.15) is 47.0 Å². The zero-order valence-corrected chi connectivity index (χ0v) is 11.7. The molecule has 3 nitrogen and oxygen atoms in total. The van der Waals surface area contributed by atoms with Crippen LogP contribution in [0.5, 0.6) is 0 Å². The van der Waals surface area contributed by atoms with E-state index in [2.05, 4.69) is 18.7 Å². The maximum atomic E-state index is 11.5. The van der Waals surface area contributed by atoms with Gasteiger partial charge in [-0.2, -0.15) is 0 Å². The number of hydrogen-bond donors (Lipinski definition) is 0. The fourth-order valence-corrected chi connectivity index (χ4v) is 2.44. The minimum atomic E-state index is -0.0256. The third-order valence-corrected chi connectivity index (χ3v) is 3.15. The molecule has 0 N–H and O–H groups in total. The number of piperidine rings is 1. The van der Waals surface area contributed by atoms with E-state index < -0.39 is 0 Å². The van der Waals surface area contributed by atoms with Gasteiger partial charge in [0, 0.05) is 13.0 Å². The zero-order valence-electron chi connectivity index (χ0n) is 11.7. The zero-order chi connectivity index (χ0) is 12.8. The molecule has 1 heterocycles. The monoisotopic (exact) mass is 241 g/mol. The van der Waals surface area contributed by atoms with Gasteiger partial charge in [0.25, 0.3) is 0 Å². The summed E-state index contributed by atoms with van der Waals surface area (Å²) in [4.78, 5) is 14.1. The van der Waals surface area contributed by atoms with Crippen molar-refractivity contribution in [3.8, 4) is 0 Å². The molecule has 0 aromatic rings. The van der Waals surface area contributed by atoms with Crippen LogP contribution in [0.4, 0.5) is 0 Å². The SMILES string of the molecule is CC(C)CN1CCC(CC(=O)OC(C)C)CC1. The van der Waals surface area contributed by atoms with Crippen LogP contribution in [0.25, 0.3) is 0 Å². The topological polar surface area (TPSA) is 29.5 Å². The van der Waals surface area contributed by atoms with Crippen molar-refractivity contribution >= 4 is 5.97 Å². The van der Waals surface area contributed by atoms with Crippen LogP contribution in [0, 0.1) is 11.8 Å². The number of rotatable bonds is 5. The molecule has 1 fully saturated rings. The van der Waals surface area contributed by atoms with Gasteiger partial charge in [0.15, 0.2) is 0 Å². The Morgan fingerprint density at radius 2 is 1.82 bits per heavy atom. The average Bonchev–Trinajstić information content (AvgIpc) is 2.18. The second-order valence-electron chi connectivity index (χ2n) is 5.88. The second-order valence-corrected chi connectivity index (χ2v) is 5.88. The first-order valence-corrected chi connectivity index (χ1v) is 6.89. The van der Waals surface area contributed by atoms with Gasteiger partial charge in [0.2, 0.25) is 0 Å². The summed E-state index contributed by atoms with van der Waals surface area (Å²) in [5.41, 5.74) is 0. The quantitative estimate of drug-likeness (QED) is 0.693. The molecule has 17 heavy (non-hydrogen) atoms. The van der Waals surface area contributed by atoms with E-state index in [1.807, 2.05) is 13.8 Å². The standard InChI is InChI=1S/C14H27NO2/c1-11(2)10-15-7-5-13(6-8-15)9-14(16)17-12(3)4/h11-13H,5-10H2,1-4H3. The van der Waals surface area contributed by atoms with Gasteiger partial charge >= 0.3 is 5.97 Å². The number of hydrogen-bond acceptors (Lipinski definition) is 3. The van der Waals surface area contributed by atoms with Crippen molar-refractivity contribution < 1.29 is 9.53 Å². The number of carbonyl (C=O) groups excluding carboxylic acids is 1. The third kappa shape index (κ3) is 6.06. The van der Waals surface area contributed by atoms with Crippen LogP contribution in [0.15, 0.2) is 0 Å². The molecule has 0 bridgehead atoms. The minimum absolute atomic E-state index is 0.0172. The molecule has 3 heteroatoms. The van der Waals surface area contributed by atoms with Gasteiger partial charge in [0.1, 0.15) is 0 Å². The molecule has 1 aliphatic rings. The molecule has 0 amide bonds. The molecule has 0 aromatic heterocycles. The molecule has 0 unspecified atom stereocenters. The highest BCUT2D eigenvalue weighted by Gasteiger charge is 2.22. The molecule has 0 saturated carbocycles. The Kier molecular flexibility index (Phi) is 5.96. The maximum Gasteiger partial charge on any atom is 0.306 e. The molecule has 0 aliphatic carbocycles. The Morgan fingerprint density at radius 1 is 1.24 bits per heavy atom. The van der Waals surface area contributed by atoms with Gasteiger partial charge in [-0.1, -0.05) is 13.8 Å². The van der Waals surface area contributed by atoms with Crippen molar-refractivity contribution in [1.29, 1.82) is 0 Å². The van der Waals surface area contributed by atoms with Crippen molar-refractivity contribution in [3.63, 3.8) is 0 Å². The highest BCUT2D eigenvalue weighted by Crippen LogP contribution is 2.21. The van der Waals surface area contributed by atoms with Crippen LogP contribution >= 0.6 is 0 Å². The van der Waals surface area contributed by atoms with Crippen molar-refractivity contribution in [3.05, 3.63) is 0 Å². The maximum absolute atomic E-state index is 11.5. The molecule has 100 valence electrons. The molecule has 0 spiro atoms. The van der Waals surface area contributed by atoms with Crippen LogP contribution in [0.2, 0.25) is 0 Å². The van der Waals surface area contributed by atoms with Crippen molar-refractivity contribution in [2.45, 2.75) is 53.1 Å². The lowest BCUT2D eigenvalue weighted by Crippen LogP contribution is -2.36. The summed E-state index contributed by atoms with van der Waals surface area (Å²) in [6, 6.07) is 0. The molecular weight excluding hydrogens is 214 g/mol. The van der Waals surface area contributed by atoms with E-state index in [0.717, 1.165) is 31.8 Å². The lowest BCUT2D eigenvalue weighted by atomic mass is 9.93. The number of nitrogens with zero attached hydrogens (tertiary/aromatic N) is 1. The summed E-state index contributed by atoms with van der Waals surface area (Å²) in [7, 11) is 0. The summed E-state index contributed by atoms with van der Waals surface area (Å²) in [5, 5.41) is 0. The summed E-state index contributed by atoms with van der Waals surface area (Å²) in [6.45, 7) is 11.8. The van der Waals surface area contributed by atoms with Gasteiger partial charge in [0.05, 0.1) is 6.10 Å². The normalized spacial score (nSPS) is 18.9. The summed E-state index contributed by atoms with van der Waals surface area (Å²) >= 11 is 0. The highest BCUT2D eigenvalue weighted by molar-refractivity contribution is 5.69. The first-order chi connectivity index (χ1) is 7.97. The molecule has 0 atom stereocenters. The molecule has 0 radical (unpaired) electrons. The first-order valence-electron chi connectivity index (χ1n) is 6.89. The number of likely N-dealkylation sites (tertiary alicyclic amines) is 1. The number of esters is 1. The van der Waals surface area contributed by atoms with Crippen molar-refractivity contribution in [2.24, 2.45) is 11.8 Å². The van der Waals surface area contributed by atoms with Gasteiger partial charge in [-0.3, -0.25) is 4.79 Å². The van der Waals surface area contributed by atoms with Crippen LogP contribution < -0.4 is 0 Å². The van der Waals surface area contributed by atoms with Crippen LogP contribution in [0.3, 0.4) is 0 Å². The largest absolute Gasteiger partial charge is 0.463 e. The van der Waals surface area contributed by atoms with E-state index in [9.17, 15) is 4.79 Å². The van der Waals surface area contributed by atoms with E-state index in [0.29, 0.717) is 12.3 Å². The van der Waals surface area contributed by atoms with Crippen molar-refractivity contribution in [2.75, 3.05) is 19.6 Å². The lowest BCUT2D eigenvalue weighted by molar-refractivity contribution is -0.148. The Hall–Kier alpha value is -0.570. The van der Waals surface area contributed by atoms with Gasteiger partial charge in [-0.05, 0) is 51.6 Å². The van der Waals surface area contributed by atoms with Gasteiger partial charge < -0.3 is 9.64 Å². The smallest absolute Gasteiger partial charge is 0.306 e. The van der Waals surface area contributed by atoms with E-state index in [1.165, 1.54) is 6.54 Å². The Bertz CT molecular complexity index is 230. The minimum Gasteiger partial charge on any atom is -0.463 e. The lowest BCUT2D eigenvalue weighted by Gasteiger charge is -2.32. The second kappa shape index (κ2) is 7.00. The fraction of sp³-hybridized carbons (Fsp3) is 0.929. The number of ether oxygens (including phenoxy) is 1. The van der Waals surface area contributed by atoms with Gasteiger partial charge in [-0.25, -0.2) is 0 Å². The Balaban J connectivity index is 2.20. The predicted octanol–water partition coefficient (Wildman–Crippen LogP) is 2.70. The molecule has 1 saturated heterocycles. The Labute approximate surface area is 106 Å². The van der Waals surface area contributed by atoms with E-state index in [1.54, 1.807) is 0 Å². The third-order valence-electron chi connectivity index (χ3n) is 3.15. The van der Waals surface area contributed by atoms with Gasteiger partial charge in [-0.15, -0.1) is 0 Å². The Morgan fingerprint density at radius 3 is 2.29 bits per heavy atom. The molecular formula is C14H27NO2. The highest BCUT2D eigenvalue weighted by atomic mass is 16.5.